The van der Waals surface area contributed by atoms with Crippen molar-refractivity contribution in [1.82, 2.24) is 4.37 Å². The maximum atomic E-state index is 5.96. The van der Waals surface area contributed by atoms with E-state index >= 15 is 0 Å². The molecule has 4 heteroatoms. The van der Waals surface area contributed by atoms with Crippen LogP contribution >= 0.6 is 23.1 Å². The highest BCUT2D eigenvalue weighted by Crippen LogP contribution is 2.46. The molecule has 0 atom stereocenters. The van der Waals surface area contributed by atoms with Gasteiger partial charge in [-0.2, -0.15) is 4.37 Å². The fourth-order valence-electron chi connectivity index (χ4n) is 1.82. The van der Waals surface area contributed by atoms with E-state index in [0.29, 0.717) is 5.41 Å². The Morgan fingerprint density at radius 2 is 2.19 bits per heavy atom. The number of hydrogen-bond donors (Lipinski definition) is 1. The number of nitrogens with one attached hydrogen (secondary N) is 1. The Kier molecular flexibility index (Phi) is 2.52. The fraction of sp³-hybridized carbons (Fsp3) is 0.417. The summed E-state index contributed by atoms with van der Waals surface area (Å²) in [6.07, 6.45) is 2.50. The van der Waals surface area contributed by atoms with Gasteiger partial charge in [-0.25, -0.2) is 0 Å². The molecule has 0 radical (unpaired) electrons. The molecule has 1 aliphatic carbocycles. The van der Waals surface area contributed by atoms with Crippen molar-refractivity contribution in [3.05, 3.63) is 24.3 Å². The Morgan fingerprint density at radius 3 is 2.94 bits per heavy atom. The number of halogens is 1. The molecule has 1 saturated carbocycles. The summed E-state index contributed by atoms with van der Waals surface area (Å²) < 4.78 is 4.41. The molecule has 1 heterocycles. The van der Waals surface area contributed by atoms with E-state index in [1.165, 1.54) is 34.8 Å². The van der Waals surface area contributed by atoms with Gasteiger partial charge in [0, 0.05) is 23.2 Å². The van der Waals surface area contributed by atoms with Crippen LogP contribution in [0.1, 0.15) is 12.8 Å². The van der Waals surface area contributed by atoms with E-state index in [1.54, 1.807) is 0 Å². The summed E-state index contributed by atoms with van der Waals surface area (Å²) in [5.74, 6) is 0.761. The van der Waals surface area contributed by atoms with Crippen LogP contribution in [-0.4, -0.2) is 16.8 Å². The van der Waals surface area contributed by atoms with Crippen LogP contribution in [0.2, 0.25) is 0 Å². The fourth-order valence-corrected chi connectivity index (χ4v) is 2.94. The first-order chi connectivity index (χ1) is 7.83. The second-order valence-corrected chi connectivity index (χ2v) is 5.56. The molecule has 1 aromatic heterocycles. The summed E-state index contributed by atoms with van der Waals surface area (Å²) in [4.78, 5) is 0. The van der Waals surface area contributed by atoms with Gasteiger partial charge in [0.15, 0.2) is 0 Å². The molecule has 0 amide bonds. The van der Waals surface area contributed by atoms with Gasteiger partial charge < -0.3 is 5.32 Å². The topological polar surface area (TPSA) is 24.9 Å². The number of alkyl halides is 1. The second-order valence-electron chi connectivity index (χ2n) is 4.52. The van der Waals surface area contributed by atoms with E-state index in [1.807, 2.05) is 12.1 Å². The molecule has 0 spiro atoms. The van der Waals surface area contributed by atoms with Crippen LogP contribution in [-0.2, 0) is 0 Å². The number of hydrogen-bond acceptors (Lipinski definition) is 3. The molecule has 3 rings (SSSR count). The quantitative estimate of drug-likeness (QED) is 0.839. The lowest BCUT2D eigenvalue weighted by atomic mass is 10.1. The monoisotopic (exact) mass is 252 g/mol. The number of aromatic nitrogens is 1. The summed E-state index contributed by atoms with van der Waals surface area (Å²) in [5.41, 5.74) is 1.43. The average Bonchev–Trinajstić information content (AvgIpc) is 3.01. The molecule has 0 saturated heterocycles. The van der Waals surface area contributed by atoms with Crippen LogP contribution in [0.4, 0.5) is 5.00 Å². The number of rotatable bonds is 4. The minimum absolute atomic E-state index is 0.354. The lowest BCUT2D eigenvalue weighted by molar-refractivity contribution is 0.620. The van der Waals surface area contributed by atoms with Crippen LogP contribution < -0.4 is 5.32 Å². The molecule has 1 N–H and O–H groups in total. The average molecular weight is 253 g/mol. The highest BCUT2D eigenvalue weighted by atomic mass is 35.5. The zero-order valence-electron chi connectivity index (χ0n) is 8.87. The molecule has 1 fully saturated rings. The van der Waals surface area contributed by atoms with Crippen LogP contribution in [0.15, 0.2) is 24.3 Å². The Bertz CT molecular complexity index is 504. The summed E-state index contributed by atoms with van der Waals surface area (Å²) in [6.45, 7) is 0.975. The third-order valence-corrected chi connectivity index (χ3v) is 4.65. The number of nitrogens with zero attached hydrogens (tertiary/aromatic N) is 1. The van der Waals surface area contributed by atoms with Gasteiger partial charge in [-0.15, -0.1) is 11.6 Å². The normalized spacial score (nSPS) is 17.6. The van der Waals surface area contributed by atoms with Gasteiger partial charge in [0.05, 0.1) is 5.52 Å². The Labute approximate surface area is 104 Å². The molecule has 84 valence electrons. The summed E-state index contributed by atoms with van der Waals surface area (Å²) >= 11 is 7.50. The molecule has 2 aromatic rings. The predicted octanol–water partition coefficient (Wildman–Crippen LogP) is 3.73. The third-order valence-electron chi connectivity index (χ3n) is 3.25. The number of fused-ring (bicyclic) bond motifs is 1. The van der Waals surface area contributed by atoms with Gasteiger partial charge in [-0.3, -0.25) is 0 Å². The van der Waals surface area contributed by atoms with E-state index in [9.17, 15) is 0 Å². The van der Waals surface area contributed by atoms with Gasteiger partial charge in [-0.05, 0) is 36.5 Å². The van der Waals surface area contributed by atoms with Crippen molar-refractivity contribution in [1.29, 1.82) is 0 Å². The maximum absolute atomic E-state index is 5.96. The first-order valence-electron chi connectivity index (χ1n) is 5.47. The van der Waals surface area contributed by atoms with E-state index in [0.717, 1.165) is 17.9 Å². The lowest BCUT2D eigenvalue weighted by Crippen LogP contribution is -2.16. The molecule has 0 bridgehead atoms. The van der Waals surface area contributed by atoms with E-state index in [-0.39, 0.29) is 0 Å². The Balaban J connectivity index is 1.79. The number of benzene rings is 1. The first kappa shape index (κ1) is 10.4. The summed E-state index contributed by atoms with van der Waals surface area (Å²) in [5, 5.41) is 5.89. The molecule has 1 aliphatic rings. The first-order valence-corrected chi connectivity index (χ1v) is 6.78. The highest BCUT2D eigenvalue weighted by molar-refractivity contribution is 7.11. The van der Waals surface area contributed by atoms with Gasteiger partial charge in [0.1, 0.15) is 5.00 Å². The smallest absolute Gasteiger partial charge is 0.117 e. The van der Waals surface area contributed by atoms with Gasteiger partial charge in [0.25, 0.3) is 0 Å². The van der Waals surface area contributed by atoms with Crippen molar-refractivity contribution < 1.29 is 0 Å². The second kappa shape index (κ2) is 3.90. The largest absolute Gasteiger partial charge is 0.375 e. The maximum Gasteiger partial charge on any atom is 0.117 e. The molecular formula is C12H13ClN2S. The van der Waals surface area contributed by atoms with Crippen molar-refractivity contribution >= 4 is 39.0 Å². The van der Waals surface area contributed by atoms with Gasteiger partial charge in [-0.1, -0.05) is 12.1 Å². The van der Waals surface area contributed by atoms with E-state index in [2.05, 4.69) is 21.8 Å². The predicted molar refractivity (Wildman–Crippen MR) is 70.5 cm³/mol. The van der Waals surface area contributed by atoms with Crippen LogP contribution in [0, 0.1) is 5.41 Å². The molecule has 1 aromatic carbocycles. The zero-order chi connectivity index (χ0) is 11.0. The molecule has 2 nitrogen and oxygen atoms in total. The molecule has 0 aliphatic heterocycles. The summed E-state index contributed by atoms with van der Waals surface area (Å²) in [7, 11) is 0. The Morgan fingerprint density at radius 1 is 1.38 bits per heavy atom. The lowest BCUT2D eigenvalue weighted by Gasteiger charge is -2.11. The minimum atomic E-state index is 0.354. The van der Waals surface area contributed by atoms with Crippen molar-refractivity contribution in [2.24, 2.45) is 5.41 Å². The van der Waals surface area contributed by atoms with Crippen molar-refractivity contribution in [2.45, 2.75) is 12.8 Å². The van der Waals surface area contributed by atoms with Crippen molar-refractivity contribution in [2.75, 3.05) is 17.7 Å². The zero-order valence-corrected chi connectivity index (χ0v) is 10.4. The summed E-state index contributed by atoms with van der Waals surface area (Å²) in [6, 6.07) is 8.23. The van der Waals surface area contributed by atoms with Crippen molar-refractivity contribution in [3.63, 3.8) is 0 Å². The van der Waals surface area contributed by atoms with Crippen LogP contribution in [0.5, 0.6) is 0 Å². The molecular weight excluding hydrogens is 240 g/mol. The van der Waals surface area contributed by atoms with Crippen LogP contribution in [0.3, 0.4) is 0 Å². The third kappa shape index (κ3) is 1.78. The number of anilines is 1. The highest BCUT2D eigenvalue weighted by Gasteiger charge is 2.41. The van der Waals surface area contributed by atoms with E-state index < -0.39 is 0 Å². The van der Waals surface area contributed by atoms with Crippen molar-refractivity contribution in [3.8, 4) is 0 Å². The van der Waals surface area contributed by atoms with Crippen LogP contribution in [0.25, 0.3) is 10.9 Å². The van der Waals surface area contributed by atoms with E-state index in [4.69, 9.17) is 11.6 Å². The molecule has 16 heavy (non-hydrogen) atoms. The minimum Gasteiger partial charge on any atom is -0.375 e. The van der Waals surface area contributed by atoms with Gasteiger partial charge >= 0.3 is 0 Å². The Hall–Kier alpha value is -0.800. The molecule has 0 unspecified atom stereocenters. The SMILES string of the molecule is ClCC1(CNc2snc3ccccc23)CC1. The van der Waals surface area contributed by atoms with Gasteiger partial charge in [0.2, 0.25) is 0 Å². The standard InChI is InChI=1S/C12H13ClN2S/c13-7-12(5-6-12)8-14-11-9-3-1-2-4-10(9)15-16-11/h1-4,14H,5-8H2.